The van der Waals surface area contributed by atoms with Crippen LogP contribution in [0.5, 0.6) is 0 Å². The number of hydrogen-bond donors (Lipinski definition) is 1. The smallest absolute Gasteiger partial charge is 0.337 e. The highest BCUT2D eigenvalue weighted by Crippen LogP contribution is 2.49. The van der Waals surface area contributed by atoms with Crippen molar-refractivity contribution in [3.8, 4) is 0 Å². The van der Waals surface area contributed by atoms with Crippen molar-refractivity contribution in [1.82, 2.24) is 19.3 Å². The first-order valence-electron chi connectivity index (χ1n) is 8.47. The van der Waals surface area contributed by atoms with Gasteiger partial charge in [0, 0.05) is 23.9 Å². The summed E-state index contributed by atoms with van der Waals surface area (Å²) in [6, 6.07) is 1.92. The molecule has 2 aliphatic carbocycles. The summed E-state index contributed by atoms with van der Waals surface area (Å²) in [5.41, 5.74) is 2.66. The highest BCUT2D eigenvalue weighted by molar-refractivity contribution is 5.90. The number of aromatic nitrogens is 4. The summed E-state index contributed by atoms with van der Waals surface area (Å²) in [6.07, 6.45) is 6.06. The van der Waals surface area contributed by atoms with Gasteiger partial charge in [-0.1, -0.05) is 0 Å². The van der Waals surface area contributed by atoms with E-state index in [0.717, 1.165) is 43.7 Å². The number of carboxylic acid groups (broad SMARTS) is 1. The van der Waals surface area contributed by atoms with Crippen molar-refractivity contribution in [3.63, 3.8) is 0 Å². The Bertz CT molecular complexity index is 753. The molecule has 2 heterocycles. The minimum atomic E-state index is -0.809. The van der Waals surface area contributed by atoms with Crippen LogP contribution < -0.4 is 0 Å². The Morgan fingerprint density at radius 3 is 2.61 bits per heavy atom. The standard InChI is InChI=1S/C17H22N4O2/c1-3-20-16(18-9-19-20)10(2)21-14(11-4-5-11)8-13(17(22)23)15(21)12-6-7-12/h8-12H,3-7H2,1-2H3,(H,22,23). The van der Waals surface area contributed by atoms with E-state index in [1.807, 2.05) is 17.7 Å². The maximum atomic E-state index is 11.7. The van der Waals surface area contributed by atoms with E-state index in [0.29, 0.717) is 17.4 Å². The molecule has 122 valence electrons. The highest BCUT2D eigenvalue weighted by Gasteiger charge is 2.39. The van der Waals surface area contributed by atoms with E-state index in [1.54, 1.807) is 6.33 Å². The molecule has 2 aliphatic rings. The summed E-state index contributed by atoms with van der Waals surface area (Å²) in [7, 11) is 0. The molecule has 0 radical (unpaired) electrons. The fourth-order valence-electron chi connectivity index (χ4n) is 3.59. The molecule has 0 aliphatic heterocycles. The molecule has 0 amide bonds. The molecule has 2 aromatic heterocycles. The molecule has 1 atom stereocenters. The second-order valence-electron chi connectivity index (χ2n) is 6.70. The van der Waals surface area contributed by atoms with Crippen LogP contribution in [0.15, 0.2) is 12.4 Å². The second kappa shape index (κ2) is 5.22. The lowest BCUT2D eigenvalue weighted by Gasteiger charge is -2.21. The van der Waals surface area contributed by atoms with Gasteiger partial charge in [0.1, 0.15) is 12.2 Å². The van der Waals surface area contributed by atoms with Crippen LogP contribution in [-0.4, -0.2) is 30.4 Å². The average molecular weight is 314 g/mol. The van der Waals surface area contributed by atoms with Gasteiger partial charge < -0.3 is 9.67 Å². The van der Waals surface area contributed by atoms with Crippen LogP contribution in [-0.2, 0) is 6.54 Å². The van der Waals surface area contributed by atoms with Crippen LogP contribution in [0.1, 0.15) is 85.0 Å². The largest absolute Gasteiger partial charge is 0.478 e. The quantitative estimate of drug-likeness (QED) is 0.889. The first kappa shape index (κ1) is 14.5. The van der Waals surface area contributed by atoms with Crippen molar-refractivity contribution in [3.05, 3.63) is 35.2 Å². The minimum Gasteiger partial charge on any atom is -0.478 e. The lowest BCUT2D eigenvalue weighted by atomic mass is 10.1. The van der Waals surface area contributed by atoms with Crippen molar-refractivity contribution in [2.24, 2.45) is 0 Å². The van der Waals surface area contributed by atoms with Crippen LogP contribution in [0, 0.1) is 0 Å². The highest BCUT2D eigenvalue weighted by atomic mass is 16.4. The zero-order valence-electron chi connectivity index (χ0n) is 13.6. The third kappa shape index (κ3) is 2.36. The lowest BCUT2D eigenvalue weighted by Crippen LogP contribution is -2.18. The van der Waals surface area contributed by atoms with Crippen molar-refractivity contribution in [2.45, 2.75) is 64.0 Å². The molecule has 0 saturated heterocycles. The van der Waals surface area contributed by atoms with Gasteiger partial charge in [-0.2, -0.15) is 5.10 Å². The van der Waals surface area contributed by atoms with Gasteiger partial charge in [-0.3, -0.25) is 0 Å². The summed E-state index contributed by atoms with van der Waals surface area (Å²) in [5.74, 6) is 0.982. The Balaban J connectivity index is 1.87. The monoisotopic (exact) mass is 314 g/mol. The van der Waals surface area contributed by atoms with E-state index in [-0.39, 0.29) is 6.04 Å². The van der Waals surface area contributed by atoms with Crippen LogP contribution in [0.3, 0.4) is 0 Å². The Morgan fingerprint density at radius 2 is 2.04 bits per heavy atom. The number of nitrogens with zero attached hydrogens (tertiary/aromatic N) is 4. The molecule has 23 heavy (non-hydrogen) atoms. The lowest BCUT2D eigenvalue weighted by molar-refractivity contribution is 0.0695. The Kier molecular flexibility index (Phi) is 3.28. The van der Waals surface area contributed by atoms with E-state index < -0.39 is 5.97 Å². The molecule has 6 heteroatoms. The predicted molar refractivity (Wildman–Crippen MR) is 84.9 cm³/mol. The van der Waals surface area contributed by atoms with E-state index in [9.17, 15) is 9.90 Å². The van der Waals surface area contributed by atoms with Crippen LogP contribution in [0.4, 0.5) is 0 Å². The van der Waals surface area contributed by atoms with E-state index in [2.05, 4.69) is 21.6 Å². The van der Waals surface area contributed by atoms with E-state index in [1.165, 1.54) is 5.69 Å². The Morgan fingerprint density at radius 1 is 1.35 bits per heavy atom. The predicted octanol–water partition coefficient (Wildman–Crippen LogP) is 3.16. The molecule has 0 spiro atoms. The summed E-state index contributed by atoms with van der Waals surface area (Å²) >= 11 is 0. The number of carbonyl (C=O) groups is 1. The van der Waals surface area contributed by atoms with Gasteiger partial charge in [0.15, 0.2) is 0 Å². The van der Waals surface area contributed by atoms with Crippen molar-refractivity contribution >= 4 is 5.97 Å². The molecule has 1 N–H and O–H groups in total. The number of aromatic carboxylic acids is 1. The first-order valence-corrected chi connectivity index (χ1v) is 8.47. The molecule has 4 rings (SSSR count). The average Bonchev–Trinajstić information content (AvgIpc) is 3.47. The van der Waals surface area contributed by atoms with Crippen LogP contribution in [0.25, 0.3) is 0 Å². The van der Waals surface area contributed by atoms with Gasteiger partial charge in [0.25, 0.3) is 0 Å². The van der Waals surface area contributed by atoms with E-state index in [4.69, 9.17) is 0 Å². The molecular weight excluding hydrogens is 292 g/mol. The van der Waals surface area contributed by atoms with Crippen molar-refractivity contribution in [2.75, 3.05) is 0 Å². The zero-order chi connectivity index (χ0) is 16.1. The number of carboxylic acids is 1. The van der Waals surface area contributed by atoms with Gasteiger partial charge in [-0.15, -0.1) is 0 Å². The van der Waals surface area contributed by atoms with Crippen LogP contribution in [0.2, 0.25) is 0 Å². The molecule has 0 aromatic carbocycles. The van der Waals surface area contributed by atoms with Gasteiger partial charge in [0.2, 0.25) is 0 Å². The molecule has 0 bridgehead atoms. The van der Waals surface area contributed by atoms with Gasteiger partial charge in [-0.05, 0) is 51.5 Å². The van der Waals surface area contributed by atoms with Gasteiger partial charge >= 0.3 is 5.97 Å². The molecule has 2 aromatic rings. The molecular formula is C17H22N4O2. The number of rotatable bonds is 6. The fourth-order valence-corrected chi connectivity index (χ4v) is 3.59. The number of aryl methyl sites for hydroxylation is 1. The fraction of sp³-hybridized carbons (Fsp3) is 0.588. The summed E-state index contributed by atoms with van der Waals surface area (Å²) < 4.78 is 4.16. The van der Waals surface area contributed by atoms with Crippen LogP contribution >= 0.6 is 0 Å². The Hall–Kier alpha value is -2.11. The number of hydrogen-bond acceptors (Lipinski definition) is 3. The second-order valence-corrected chi connectivity index (χ2v) is 6.70. The minimum absolute atomic E-state index is 0.0109. The van der Waals surface area contributed by atoms with E-state index >= 15 is 0 Å². The molecule has 2 saturated carbocycles. The third-order valence-corrected chi connectivity index (χ3v) is 5.00. The first-order chi connectivity index (χ1) is 11.1. The zero-order valence-corrected chi connectivity index (χ0v) is 13.6. The molecule has 6 nitrogen and oxygen atoms in total. The maximum Gasteiger partial charge on any atom is 0.337 e. The maximum absolute atomic E-state index is 11.7. The Labute approximate surface area is 135 Å². The normalized spacial score (nSPS) is 19.0. The summed E-state index contributed by atoms with van der Waals surface area (Å²) in [4.78, 5) is 16.2. The molecule has 1 unspecified atom stereocenters. The summed E-state index contributed by atoms with van der Waals surface area (Å²) in [5, 5.41) is 13.9. The molecule has 2 fully saturated rings. The topological polar surface area (TPSA) is 72.9 Å². The van der Waals surface area contributed by atoms with Gasteiger partial charge in [-0.25, -0.2) is 14.5 Å². The SMILES string of the molecule is CCn1ncnc1C(C)n1c(C2CC2)cc(C(=O)O)c1C1CC1. The third-order valence-electron chi connectivity index (χ3n) is 5.00. The van der Waals surface area contributed by atoms with Gasteiger partial charge in [0.05, 0.1) is 11.6 Å². The summed E-state index contributed by atoms with van der Waals surface area (Å²) in [6.45, 7) is 4.93. The van der Waals surface area contributed by atoms with Crippen molar-refractivity contribution in [1.29, 1.82) is 0 Å². The van der Waals surface area contributed by atoms with Crippen molar-refractivity contribution < 1.29 is 9.90 Å².